The van der Waals surface area contributed by atoms with Crippen LogP contribution in [0, 0.1) is 0 Å². The van der Waals surface area contributed by atoms with Crippen molar-refractivity contribution >= 4 is 0 Å². The lowest BCUT2D eigenvalue weighted by molar-refractivity contribution is 0.249. The van der Waals surface area contributed by atoms with Gasteiger partial charge in [0.2, 0.25) is 0 Å². The highest BCUT2D eigenvalue weighted by molar-refractivity contribution is 5.08. The molecule has 15 heavy (non-hydrogen) atoms. The van der Waals surface area contributed by atoms with Gasteiger partial charge in [0.25, 0.3) is 0 Å². The van der Waals surface area contributed by atoms with Crippen molar-refractivity contribution in [1.82, 2.24) is 14.5 Å². The summed E-state index contributed by atoms with van der Waals surface area (Å²) in [5.74, 6) is 1.56. The van der Waals surface area contributed by atoms with Gasteiger partial charge in [-0.3, -0.25) is 0 Å². The van der Waals surface area contributed by atoms with Crippen LogP contribution in [0.5, 0.6) is 0 Å². The molecule has 3 nitrogen and oxygen atoms in total. The maximum atomic E-state index is 12.5. The first kappa shape index (κ1) is 10.6. The van der Waals surface area contributed by atoms with Crippen LogP contribution < -0.4 is 0 Å². The predicted molar refractivity (Wildman–Crippen MR) is 57.5 cm³/mol. The molecule has 0 spiro atoms. The lowest BCUT2D eigenvalue weighted by atomic mass is 9.96. The molecule has 0 amide bonds. The third kappa shape index (κ3) is 2.20. The number of hydrogen-bond acceptors (Lipinski definition) is 2. The monoisotopic (exact) mass is 211 g/mol. The minimum Gasteiger partial charge on any atom is -0.337 e. The summed E-state index contributed by atoms with van der Waals surface area (Å²) in [4.78, 5) is 6.68. The van der Waals surface area contributed by atoms with Crippen molar-refractivity contribution in [1.29, 1.82) is 0 Å². The molecule has 0 aliphatic carbocycles. The normalized spacial score (nSPS) is 19.7. The minimum atomic E-state index is -0.458. The number of likely N-dealkylation sites (tertiary alicyclic amines) is 1. The van der Waals surface area contributed by atoms with Gasteiger partial charge in [-0.25, -0.2) is 9.37 Å². The Bertz CT molecular complexity index is 327. The molecular weight excluding hydrogens is 193 g/mol. The van der Waals surface area contributed by atoms with Crippen molar-refractivity contribution in [2.24, 2.45) is 7.05 Å². The molecule has 1 aromatic heterocycles. The number of rotatable bonds is 2. The summed E-state index contributed by atoms with van der Waals surface area (Å²) in [7, 11) is 4.10. The van der Waals surface area contributed by atoms with Crippen LogP contribution in [0.3, 0.4) is 0 Å². The van der Waals surface area contributed by atoms with E-state index in [-0.39, 0.29) is 0 Å². The van der Waals surface area contributed by atoms with Gasteiger partial charge in [-0.05, 0) is 33.0 Å². The van der Waals surface area contributed by atoms with Gasteiger partial charge in [-0.2, -0.15) is 0 Å². The lowest BCUT2D eigenvalue weighted by Crippen LogP contribution is -2.30. The molecule has 1 aliphatic heterocycles. The van der Waals surface area contributed by atoms with Crippen LogP contribution in [0.2, 0.25) is 0 Å². The standard InChI is InChI=1S/C11H18FN3/c1-14-5-3-9(4-6-14)11-13-10(7-12)8-15(11)2/h8-9H,3-7H2,1-2H3. The van der Waals surface area contributed by atoms with E-state index in [1.807, 2.05) is 11.6 Å². The highest BCUT2D eigenvalue weighted by Gasteiger charge is 2.22. The van der Waals surface area contributed by atoms with E-state index in [0.717, 1.165) is 31.8 Å². The summed E-state index contributed by atoms with van der Waals surface area (Å²) in [6.07, 6.45) is 4.06. The highest BCUT2D eigenvalue weighted by Crippen LogP contribution is 2.26. The van der Waals surface area contributed by atoms with Gasteiger partial charge in [0.05, 0.1) is 5.69 Å². The number of alkyl halides is 1. The van der Waals surface area contributed by atoms with E-state index in [0.29, 0.717) is 11.6 Å². The molecule has 2 heterocycles. The Kier molecular flexibility index (Phi) is 3.05. The van der Waals surface area contributed by atoms with Crippen LogP contribution in [-0.2, 0) is 13.7 Å². The third-order valence-corrected chi connectivity index (χ3v) is 3.18. The summed E-state index contributed by atoms with van der Waals surface area (Å²) < 4.78 is 14.4. The summed E-state index contributed by atoms with van der Waals surface area (Å²) in [6, 6.07) is 0. The SMILES string of the molecule is CN1CCC(c2nc(CF)cn2C)CC1. The van der Waals surface area contributed by atoms with E-state index in [2.05, 4.69) is 16.9 Å². The van der Waals surface area contributed by atoms with Gasteiger partial charge < -0.3 is 9.47 Å². The molecule has 1 aliphatic rings. The molecule has 0 atom stereocenters. The van der Waals surface area contributed by atoms with Gasteiger partial charge in [-0.1, -0.05) is 0 Å². The Morgan fingerprint density at radius 3 is 2.60 bits per heavy atom. The summed E-state index contributed by atoms with van der Waals surface area (Å²) in [5, 5.41) is 0. The Hall–Kier alpha value is -0.900. The zero-order chi connectivity index (χ0) is 10.8. The Balaban J connectivity index is 2.11. The van der Waals surface area contributed by atoms with Crippen LogP contribution in [0.25, 0.3) is 0 Å². The molecule has 0 aromatic carbocycles. The highest BCUT2D eigenvalue weighted by atomic mass is 19.1. The summed E-state index contributed by atoms with van der Waals surface area (Å²) >= 11 is 0. The molecule has 1 saturated heterocycles. The van der Waals surface area contributed by atoms with Crippen LogP contribution in [0.1, 0.15) is 30.3 Å². The van der Waals surface area contributed by atoms with E-state index in [1.165, 1.54) is 0 Å². The van der Waals surface area contributed by atoms with Crippen LogP contribution >= 0.6 is 0 Å². The first-order chi connectivity index (χ1) is 7.20. The molecule has 0 saturated carbocycles. The third-order valence-electron chi connectivity index (χ3n) is 3.18. The van der Waals surface area contributed by atoms with Gasteiger partial charge in [-0.15, -0.1) is 0 Å². The average molecular weight is 211 g/mol. The second kappa shape index (κ2) is 4.31. The minimum absolute atomic E-state index is 0.458. The summed E-state index contributed by atoms with van der Waals surface area (Å²) in [6.45, 7) is 1.77. The maximum Gasteiger partial charge on any atom is 0.133 e. The number of hydrogen-bond donors (Lipinski definition) is 0. The van der Waals surface area contributed by atoms with Crippen molar-refractivity contribution < 1.29 is 4.39 Å². The van der Waals surface area contributed by atoms with Gasteiger partial charge in [0.15, 0.2) is 0 Å². The average Bonchev–Trinajstić information content (AvgIpc) is 2.61. The molecule has 2 rings (SSSR count). The fourth-order valence-corrected chi connectivity index (χ4v) is 2.25. The number of aromatic nitrogens is 2. The smallest absolute Gasteiger partial charge is 0.133 e. The first-order valence-corrected chi connectivity index (χ1v) is 5.47. The quantitative estimate of drug-likeness (QED) is 0.742. The zero-order valence-electron chi connectivity index (χ0n) is 9.41. The zero-order valence-corrected chi connectivity index (χ0v) is 9.41. The Labute approximate surface area is 89.9 Å². The van der Waals surface area contributed by atoms with Crippen molar-refractivity contribution in [2.75, 3.05) is 20.1 Å². The first-order valence-electron chi connectivity index (χ1n) is 5.47. The van der Waals surface area contributed by atoms with Crippen LogP contribution in [0.15, 0.2) is 6.20 Å². The molecule has 1 fully saturated rings. The largest absolute Gasteiger partial charge is 0.337 e. The fraction of sp³-hybridized carbons (Fsp3) is 0.727. The van der Waals surface area contributed by atoms with Gasteiger partial charge >= 0.3 is 0 Å². The number of imidazole rings is 1. The van der Waals surface area contributed by atoms with E-state index >= 15 is 0 Å². The van der Waals surface area contributed by atoms with Gasteiger partial charge in [0.1, 0.15) is 12.5 Å². The summed E-state index contributed by atoms with van der Waals surface area (Å²) in [5.41, 5.74) is 0.562. The number of aryl methyl sites for hydroxylation is 1. The van der Waals surface area contributed by atoms with Crippen molar-refractivity contribution in [3.63, 3.8) is 0 Å². The van der Waals surface area contributed by atoms with Crippen molar-refractivity contribution in [3.8, 4) is 0 Å². The molecular formula is C11H18FN3. The topological polar surface area (TPSA) is 21.1 Å². The lowest BCUT2D eigenvalue weighted by Gasteiger charge is -2.28. The Morgan fingerprint density at radius 2 is 2.07 bits per heavy atom. The van der Waals surface area contributed by atoms with Crippen LogP contribution in [-0.4, -0.2) is 34.6 Å². The van der Waals surface area contributed by atoms with E-state index in [9.17, 15) is 4.39 Å². The van der Waals surface area contributed by atoms with Crippen LogP contribution in [0.4, 0.5) is 4.39 Å². The molecule has 84 valence electrons. The molecule has 0 unspecified atom stereocenters. The second-order valence-electron chi connectivity index (χ2n) is 4.41. The van der Waals surface area contributed by atoms with E-state index < -0.39 is 6.67 Å². The maximum absolute atomic E-state index is 12.5. The number of nitrogens with zero attached hydrogens (tertiary/aromatic N) is 3. The van der Waals surface area contributed by atoms with E-state index in [4.69, 9.17) is 0 Å². The van der Waals surface area contributed by atoms with Crippen molar-refractivity contribution in [3.05, 3.63) is 17.7 Å². The molecule has 0 N–H and O–H groups in total. The molecule has 4 heteroatoms. The van der Waals surface area contributed by atoms with E-state index in [1.54, 1.807) is 6.20 Å². The fourth-order valence-electron chi connectivity index (χ4n) is 2.25. The van der Waals surface area contributed by atoms with Gasteiger partial charge in [0, 0.05) is 19.2 Å². The predicted octanol–water partition coefficient (Wildman–Crippen LogP) is 1.70. The molecule has 1 aromatic rings. The second-order valence-corrected chi connectivity index (χ2v) is 4.41. The van der Waals surface area contributed by atoms with Crippen molar-refractivity contribution in [2.45, 2.75) is 25.4 Å². The molecule has 0 radical (unpaired) electrons. The molecule has 0 bridgehead atoms. The Morgan fingerprint density at radius 1 is 1.40 bits per heavy atom. The number of piperidine rings is 1. The number of halogens is 1.